The fourth-order valence-electron chi connectivity index (χ4n) is 0.941. The lowest BCUT2D eigenvalue weighted by molar-refractivity contribution is 0.290. The number of halogens is 3. The molecule has 1 aromatic carbocycles. The van der Waals surface area contributed by atoms with Crippen molar-refractivity contribution in [1.82, 2.24) is 0 Å². The smallest absolute Gasteiger partial charge is 0.168 e. The van der Waals surface area contributed by atoms with Gasteiger partial charge < -0.3 is 4.74 Å². The number of unbranched alkanes of at least 4 members (excludes halogenated alkanes) is 1. The van der Waals surface area contributed by atoms with Gasteiger partial charge in [-0.15, -0.1) is 0 Å². The van der Waals surface area contributed by atoms with E-state index in [2.05, 4.69) is 0 Å². The zero-order valence-corrected chi connectivity index (χ0v) is 7.82. The first-order valence-electron chi connectivity index (χ1n) is 4.42. The molecule has 0 saturated heterocycles. The monoisotopic (exact) mass is 204 g/mol. The SMILES string of the molecule is CCCCOc1cc(F)c(F)cc1F. The van der Waals surface area contributed by atoms with E-state index in [-0.39, 0.29) is 5.75 Å². The van der Waals surface area contributed by atoms with E-state index >= 15 is 0 Å². The van der Waals surface area contributed by atoms with Gasteiger partial charge in [-0.3, -0.25) is 0 Å². The first kappa shape index (κ1) is 10.9. The van der Waals surface area contributed by atoms with Crippen molar-refractivity contribution >= 4 is 0 Å². The second-order valence-corrected chi connectivity index (χ2v) is 2.90. The lowest BCUT2D eigenvalue weighted by atomic mass is 10.3. The lowest BCUT2D eigenvalue weighted by Crippen LogP contribution is -2.00. The molecule has 0 amide bonds. The van der Waals surface area contributed by atoms with Gasteiger partial charge in [-0.25, -0.2) is 13.2 Å². The number of hydrogen-bond acceptors (Lipinski definition) is 1. The maximum absolute atomic E-state index is 12.9. The van der Waals surface area contributed by atoms with Crippen molar-refractivity contribution in [1.29, 1.82) is 0 Å². The van der Waals surface area contributed by atoms with Crippen LogP contribution in [0.25, 0.3) is 0 Å². The third kappa shape index (κ3) is 2.65. The Labute approximate surface area is 80.5 Å². The average Bonchev–Trinajstić information content (AvgIpc) is 2.14. The summed E-state index contributed by atoms with van der Waals surface area (Å²) in [5.41, 5.74) is 0. The minimum Gasteiger partial charge on any atom is -0.490 e. The van der Waals surface area contributed by atoms with E-state index in [0.717, 1.165) is 18.9 Å². The minimum absolute atomic E-state index is 0.239. The maximum atomic E-state index is 12.9. The summed E-state index contributed by atoms with van der Waals surface area (Å²) in [5.74, 6) is -3.42. The van der Waals surface area contributed by atoms with Gasteiger partial charge in [-0.05, 0) is 6.42 Å². The van der Waals surface area contributed by atoms with Crippen LogP contribution < -0.4 is 4.74 Å². The van der Waals surface area contributed by atoms with Gasteiger partial charge in [-0.2, -0.15) is 0 Å². The zero-order chi connectivity index (χ0) is 10.6. The van der Waals surface area contributed by atoms with Crippen molar-refractivity contribution in [3.8, 4) is 5.75 Å². The van der Waals surface area contributed by atoms with Crippen LogP contribution in [0.2, 0.25) is 0 Å². The summed E-state index contributed by atoms with van der Waals surface area (Å²) in [6.45, 7) is 2.25. The lowest BCUT2D eigenvalue weighted by Gasteiger charge is -2.06. The Kier molecular flexibility index (Phi) is 3.80. The van der Waals surface area contributed by atoms with Crippen molar-refractivity contribution in [2.45, 2.75) is 19.8 Å². The van der Waals surface area contributed by atoms with Crippen LogP contribution in [0, 0.1) is 17.5 Å². The molecule has 1 nitrogen and oxygen atoms in total. The van der Waals surface area contributed by atoms with E-state index in [4.69, 9.17) is 4.74 Å². The van der Waals surface area contributed by atoms with Crippen LogP contribution in [-0.4, -0.2) is 6.61 Å². The Bertz CT molecular complexity index is 312. The minimum atomic E-state index is -1.20. The van der Waals surface area contributed by atoms with Crippen LogP contribution in [0.5, 0.6) is 5.75 Å². The molecule has 4 heteroatoms. The van der Waals surface area contributed by atoms with Gasteiger partial charge in [0.05, 0.1) is 6.61 Å². The molecular weight excluding hydrogens is 193 g/mol. The number of benzene rings is 1. The summed E-state index contributed by atoms with van der Waals surface area (Å²) in [4.78, 5) is 0. The summed E-state index contributed by atoms with van der Waals surface area (Å²) in [6.07, 6.45) is 1.64. The fraction of sp³-hybridized carbons (Fsp3) is 0.400. The Morgan fingerprint density at radius 2 is 1.71 bits per heavy atom. The van der Waals surface area contributed by atoms with Gasteiger partial charge in [0.1, 0.15) is 0 Å². The topological polar surface area (TPSA) is 9.23 Å². The standard InChI is InChI=1S/C10H11F3O/c1-2-3-4-14-10-6-8(12)7(11)5-9(10)13/h5-6H,2-4H2,1H3. The van der Waals surface area contributed by atoms with Crippen LogP contribution in [0.4, 0.5) is 13.2 Å². The average molecular weight is 204 g/mol. The van der Waals surface area contributed by atoms with Crippen LogP contribution in [0.1, 0.15) is 19.8 Å². The van der Waals surface area contributed by atoms with Gasteiger partial charge in [-0.1, -0.05) is 13.3 Å². The summed E-state index contributed by atoms with van der Waals surface area (Å²) in [5, 5.41) is 0. The second kappa shape index (κ2) is 4.88. The molecule has 0 aromatic heterocycles. The Morgan fingerprint density at radius 1 is 1.07 bits per heavy atom. The molecule has 0 atom stereocenters. The molecule has 0 aliphatic carbocycles. The van der Waals surface area contributed by atoms with E-state index in [9.17, 15) is 13.2 Å². The van der Waals surface area contributed by atoms with Crippen LogP contribution in [-0.2, 0) is 0 Å². The highest BCUT2D eigenvalue weighted by Gasteiger charge is 2.10. The molecule has 78 valence electrons. The van der Waals surface area contributed by atoms with Gasteiger partial charge in [0.25, 0.3) is 0 Å². The van der Waals surface area contributed by atoms with Gasteiger partial charge >= 0.3 is 0 Å². The number of ether oxygens (including phenoxy) is 1. The molecule has 0 unspecified atom stereocenters. The van der Waals surface area contributed by atoms with Gasteiger partial charge in [0.2, 0.25) is 0 Å². The van der Waals surface area contributed by atoms with Crippen LogP contribution >= 0.6 is 0 Å². The van der Waals surface area contributed by atoms with Crippen molar-refractivity contribution in [2.75, 3.05) is 6.61 Å². The Balaban J connectivity index is 2.72. The summed E-state index contributed by atoms with van der Waals surface area (Å²) >= 11 is 0. The van der Waals surface area contributed by atoms with Crippen molar-refractivity contribution < 1.29 is 17.9 Å². The molecule has 1 aromatic rings. The first-order chi connectivity index (χ1) is 6.65. The molecule has 0 aliphatic heterocycles. The quantitative estimate of drug-likeness (QED) is 0.540. The first-order valence-corrected chi connectivity index (χ1v) is 4.42. The van der Waals surface area contributed by atoms with Crippen LogP contribution in [0.15, 0.2) is 12.1 Å². The normalized spacial score (nSPS) is 10.3. The predicted octanol–water partition coefficient (Wildman–Crippen LogP) is 3.28. The third-order valence-electron chi connectivity index (χ3n) is 1.73. The molecule has 0 spiro atoms. The van der Waals surface area contributed by atoms with E-state index in [1.165, 1.54) is 0 Å². The molecule has 0 saturated carbocycles. The molecule has 0 N–H and O–H groups in total. The highest BCUT2D eigenvalue weighted by atomic mass is 19.2. The zero-order valence-electron chi connectivity index (χ0n) is 7.82. The number of hydrogen-bond donors (Lipinski definition) is 0. The van der Waals surface area contributed by atoms with E-state index in [1.807, 2.05) is 6.92 Å². The van der Waals surface area contributed by atoms with Crippen molar-refractivity contribution in [3.05, 3.63) is 29.6 Å². The summed E-state index contributed by atoms with van der Waals surface area (Å²) in [7, 11) is 0. The Hall–Kier alpha value is -1.19. The second-order valence-electron chi connectivity index (χ2n) is 2.90. The molecule has 0 radical (unpaired) electrons. The fourth-order valence-corrected chi connectivity index (χ4v) is 0.941. The summed E-state index contributed by atoms with van der Waals surface area (Å²) < 4.78 is 43.0. The highest BCUT2D eigenvalue weighted by Crippen LogP contribution is 2.20. The van der Waals surface area contributed by atoms with Crippen molar-refractivity contribution in [3.63, 3.8) is 0 Å². The summed E-state index contributed by atoms with van der Waals surface area (Å²) in [6, 6.07) is 1.21. The number of rotatable bonds is 4. The van der Waals surface area contributed by atoms with Gasteiger partial charge in [0, 0.05) is 12.1 Å². The molecule has 0 bridgehead atoms. The van der Waals surface area contributed by atoms with E-state index in [0.29, 0.717) is 12.7 Å². The van der Waals surface area contributed by atoms with Crippen LogP contribution in [0.3, 0.4) is 0 Å². The molecule has 1 rings (SSSR count). The third-order valence-corrected chi connectivity index (χ3v) is 1.73. The molecular formula is C10H11F3O. The molecule has 0 fully saturated rings. The van der Waals surface area contributed by atoms with Gasteiger partial charge in [0.15, 0.2) is 23.2 Å². The maximum Gasteiger partial charge on any atom is 0.168 e. The highest BCUT2D eigenvalue weighted by molar-refractivity contribution is 5.25. The molecule has 14 heavy (non-hydrogen) atoms. The van der Waals surface area contributed by atoms with E-state index in [1.54, 1.807) is 0 Å². The van der Waals surface area contributed by atoms with Crippen molar-refractivity contribution in [2.24, 2.45) is 0 Å². The molecule has 0 aliphatic rings. The predicted molar refractivity (Wildman–Crippen MR) is 46.7 cm³/mol. The largest absolute Gasteiger partial charge is 0.490 e. The van der Waals surface area contributed by atoms with E-state index < -0.39 is 17.5 Å². The molecule has 0 heterocycles. The Morgan fingerprint density at radius 3 is 2.36 bits per heavy atom.